The Balaban J connectivity index is 1.70. The zero-order valence-electron chi connectivity index (χ0n) is 13.5. The molecule has 0 aliphatic carbocycles. The van der Waals surface area contributed by atoms with Crippen LogP contribution in [0.1, 0.15) is 24.5 Å². The molecule has 1 atom stereocenters. The lowest BCUT2D eigenvalue weighted by atomic mass is 10.1. The number of hydrogen-bond acceptors (Lipinski definition) is 2. The molecular formula is C19H22ClNO2. The lowest BCUT2D eigenvalue weighted by molar-refractivity contribution is -0.127. The monoisotopic (exact) mass is 331 g/mol. The van der Waals surface area contributed by atoms with Crippen molar-refractivity contribution >= 4 is 17.5 Å². The van der Waals surface area contributed by atoms with Gasteiger partial charge >= 0.3 is 0 Å². The molecule has 1 unspecified atom stereocenters. The third-order valence-corrected chi connectivity index (χ3v) is 3.78. The molecule has 2 rings (SSSR count). The Hall–Kier alpha value is -2.00. The number of benzene rings is 2. The fraction of sp³-hybridized carbons (Fsp3) is 0.316. The smallest absolute Gasteiger partial charge is 0.260 e. The first-order valence-electron chi connectivity index (χ1n) is 7.80. The highest BCUT2D eigenvalue weighted by molar-refractivity contribution is 6.30. The standard InChI is InChI=1S/C19H22ClNO2/c1-14-8-10-16(11-9-14)5-4-12-21-19(22)15(2)23-18-7-3-6-17(20)13-18/h3,6-11,13,15H,4-5,12H2,1-2H3,(H,21,22). The Morgan fingerprint density at radius 1 is 1.22 bits per heavy atom. The summed E-state index contributed by atoms with van der Waals surface area (Å²) in [5.74, 6) is 0.480. The molecule has 0 bridgehead atoms. The molecule has 0 aromatic heterocycles. The third-order valence-electron chi connectivity index (χ3n) is 3.54. The fourth-order valence-electron chi connectivity index (χ4n) is 2.20. The van der Waals surface area contributed by atoms with Gasteiger partial charge in [0.15, 0.2) is 6.10 Å². The first kappa shape index (κ1) is 17.4. The molecule has 1 N–H and O–H groups in total. The van der Waals surface area contributed by atoms with Crippen LogP contribution < -0.4 is 10.1 Å². The molecule has 1 amide bonds. The van der Waals surface area contributed by atoms with Gasteiger partial charge in [-0.15, -0.1) is 0 Å². The highest BCUT2D eigenvalue weighted by Gasteiger charge is 2.13. The Kier molecular flexibility index (Phi) is 6.48. The van der Waals surface area contributed by atoms with Crippen LogP contribution in [0.25, 0.3) is 0 Å². The Bertz CT molecular complexity index is 640. The van der Waals surface area contributed by atoms with Crippen molar-refractivity contribution in [3.63, 3.8) is 0 Å². The quantitative estimate of drug-likeness (QED) is 0.773. The number of aryl methyl sites for hydroxylation is 2. The van der Waals surface area contributed by atoms with E-state index in [2.05, 4.69) is 36.5 Å². The molecule has 0 saturated carbocycles. The lowest BCUT2D eigenvalue weighted by Crippen LogP contribution is -2.36. The predicted octanol–water partition coefficient (Wildman–Crippen LogP) is 4.16. The number of rotatable bonds is 7. The van der Waals surface area contributed by atoms with Crippen molar-refractivity contribution in [2.24, 2.45) is 0 Å². The first-order valence-corrected chi connectivity index (χ1v) is 8.18. The maximum Gasteiger partial charge on any atom is 0.260 e. The molecule has 2 aromatic rings. The summed E-state index contributed by atoms with van der Waals surface area (Å²) in [5.41, 5.74) is 2.54. The highest BCUT2D eigenvalue weighted by Crippen LogP contribution is 2.18. The van der Waals surface area contributed by atoms with Gasteiger partial charge in [0.1, 0.15) is 5.75 Å². The molecule has 2 aromatic carbocycles. The number of halogens is 1. The summed E-state index contributed by atoms with van der Waals surface area (Å²) in [6.45, 7) is 4.44. The van der Waals surface area contributed by atoms with Crippen LogP contribution in [0.2, 0.25) is 5.02 Å². The van der Waals surface area contributed by atoms with E-state index in [1.807, 2.05) is 0 Å². The van der Waals surface area contributed by atoms with Gasteiger partial charge in [-0.2, -0.15) is 0 Å². The molecule has 122 valence electrons. The zero-order valence-corrected chi connectivity index (χ0v) is 14.3. The summed E-state index contributed by atoms with van der Waals surface area (Å²) in [7, 11) is 0. The Morgan fingerprint density at radius 3 is 2.65 bits per heavy atom. The SMILES string of the molecule is Cc1ccc(CCCNC(=O)C(C)Oc2cccc(Cl)c2)cc1. The molecule has 0 fully saturated rings. The van der Waals surface area contributed by atoms with Crippen molar-refractivity contribution in [3.8, 4) is 5.75 Å². The van der Waals surface area contributed by atoms with Gasteiger partial charge in [0, 0.05) is 11.6 Å². The van der Waals surface area contributed by atoms with Gasteiger partial charge in [-0.1, -0.05) is 47.5 Å². The van der Waals surface area contributed by atoms with Crippen molar-refractivity contribution in [2.75, 3.05) is 6.54 Å². The third kappa shape index (κ3) is 5.95. The number of amides is 1. The van der Waals surface area contributed by atoms with Gasteiger partial charge < -0.3 is 10.1 Å². The molecule has 0 spiro atoms. The van der Waals surface area contributed by atoms with E-state index in [9.17, 15) is 4.79 Å². The first-order chi connectivity index (χ1) is 11.0. The zero-order chi connectivity index (χ0) is 16.7. The van der Waals surface area contributed by atoms with E-state index >= 15 is 0 Å². The highest BCUT2D eigenvalue weighted by atomic mass is 35.5. The van der Waals surface area contributed by atoms with Gasteiger partial charge in [-0.25, -0.2) is 0 Å². The van der Waals surface area contributed by atoms with Gasteiger partial charge in [0.05, 0.1) is 0 Å². The van der Waals surface area contributed by atoms with Gasteiger partial charge in [0.25, 0.3) is 5.91 Å². The summed E-state index contributed by atoms with van der Waals surface area (Å²) in [5, 5.41) is 3.49. The summed E-state index contributed by atoms with van der Waals surface area (Å²) in [4.78, 5) is 12.0. The molecular weight excluding hydrogens is 310 g/mol. The maximum atomic E-state index is 12.0. The van der Waals surface area contributed by atoms with E-state index in [-0.39, 0.29) is 5.91 Å². The minimum atomic E-state index is -0.548. The second kappa shape index (κ2) is 8.59. The predicted molar refractivity (Wildman–Crippen MR) is 94.1 cm³/mol. The molecule has 3 nitrogen and oxygen atoms in total. The Labute approximate surface area is 142 Å². The fourth-order valence-corrected chi connectivity index (χ4v) is 2.38. The largest absolute Gasteiger partial charge is 0.481 e. The van der Waals surface area contributed by atoms with Gasteiger partial charge in [-0.05, 0) is 50.5 Å². The summed E-state index contributed by atoms with van der Waals surface area (Å²) in [6.07, 6.45) is 1.30. The summed E-state index contributed by atoms with van der Waals surface area (Å²) >= 11 is 5.90. The van der Waals surface area contributed by atoms with Crippen molar-refractivity contribution in [2.45, 2.75) is 32.8 Å². The van der Waals surface area contributed by atoms with Crippen molar-refractivity contribution in [3.05, 3.63) is 64.7 Å². The minimum Gasteiger partial charge on any atom is -0.481 e. The number of hydrogen-bond donors (Lipinski definition) is 1. The van der Waals surface area contributed by atoms with Crippen LogP contribution in [0.15, 0.2) is 48.5 Å². The van der Waals surface area contributed by atoms with Crippen LogP contribution in [0.4, 0.5) is 0 Å². The molecule has 0 heterocycles. The summed E-state index contributed by atoms with van der Waals surface area (Å²) < 4.78 is 5.59. The normalized spacial score (nSPS) is 11.8. The number of ether oxygens (including phenoxy) is 1. The molecule has 0 aliphatic heterocycles. The van der Waals surface area contributed by atoms with Crippen LogP contribution >= 0.6 is 11.6 Å². The molecule has 0 radical (unpaired) electrons. The maximum absolute atomic E-state index is 12.0. The number of nitrogens with one attached hydrogen (secondary N) is 1. The van der Waals surface area contributed by atoms with Crippen LogP contribution in [-0.2, 0) is 11.2 Å². The minimum absolute atomic E-state index is 0.117. The van der Waals surface area contributed by atoms with E-state index in [1.165, 1.54) is 11.1 Å². The topological polar surface area (TPSA) is 38.3 Å². The molecule has 4 heteroatoms. The van der Waals surface area contributed by atoms with E-state index in [0.29, 0.717) is 17.3 Å². The summed E-state index contributed by atoms with van der Waals surface area (Å²) in [6, 6.07) is 15.5. The average Bonchev–Trinajstić information content (AvgIpc) is 2.53. The van der Waals surface area contributed by atoms with Crippen molar-refractivity contribution in [1.82, 2.24) is 5.32 Å². The van der Waals surface area contributed by atoms with E-state index in [4.69, 9.17) is 16.3 Å². The second-order valence-electron chi connectivity index (χ2n) is 5.60. The molecule has 0 saturated heterocycles. The lowest BCUT2D eigenvalue weighted by Gasteiger charge is -2.15. The van der Waals surface area contributed by atoms with Gasteiger partial charge in [-0.3, -0.25) is 4.79 Å². The Morgan fingerprint density at radius 2 is 1.96 bits per heavy atom. The van der Waals surface area contributed by atoms with Crippen molar-refractivity contribution < 1.29 is 9.53 Å². The van der Waals surface area contributed by atoms with E-state index in [0.717, 1.165) is 12.8 Å². The van der Waals surface area contributed by atoms with Crippen LogP contribution in [-0.4, -0.2) is 18.6 Å². The van der Waals surface area contributed by atoms with Crippen LogP contribution in [0, 0.1) is 6.92 Å². The van der Waals surface area contributed by atoms with Crippen molar-refractivity contribution in [1.29, 1.82) is 0 Å². The molecule has 23 heavy (non-hydrogen) atoms. The molecule has 0 aliphatic rings. The average molecular weight is 332 g/mol. The van der Waals surface area contributed by atoms with Crippen LogP contribution in [0.5, 0.6) is 5.75 Å². The second-order valence-corrected chi connectivity index (χ2v) is 6.03. The van der Waals surface area contributed by atoms with E-state index in [1.54, 1.807) is 31.2 Å². The van der Waals surface area contributed by atoms with Crippen LogP contribution in [0.3, 0.4) is 0 Å². The number of carbonyl (C=O) groups is 1. The number of carbonyl (C=O) groups excluding carboxylic acids is 1. The van der Waals surface area contributed by atoms with Gasteiger partial charge in [0.2, 0.25) is 0 Å². The van der Waals surface area contributed by atoms with E-state index < -0.39 is 6.10 Å².